The van der Waals surface area contributed by atoms with Crippen molar-refractivity contribution in [2.45, 2.75) is 58.4 Å². The summed E-state index contributed by atoms with van der Waals surface area (Å²) in [6.45, 7) is 6.40. The van der Waals surface area contributed by atoms with E-state index < -0.39 is 0 Å². The number of ether oxygens (including phenoxy) is 1. The number of H-pyrrole nitrogens is 1. The maximum atomic E-state index is 12.4. The molecule has 1 fully saturated rings. The average molecular weight is 407 g/mol. The molecule has 2 aromatic heterocycles. The number of aliphatic hydroxyl groups excluding tert-OH is 1. The summed E-state index contributed by atoms with van der Waals surface area (Å²) in [4.78, 5) is 26.0. The fraction of sp³-hybridized carbons (Fsp3) is 0.750. The summed E-state index contributed by atoms with van der Waals surface area (Å²) in [6.07, 6.45) is 7.48. The highest BCUT2D eigenvalue weighted by Crippen LogP contribution is 2.23. The lowest BCUT2D eigenvalue weighted by Gasteiger charge is -2.31. The van der Waals surface area contributed by atoms with Gasteiger partial charge in [0.05, 0.1) is 13.2 Å². The van der Waals surface area contributed by atoms with Gasteiger partial charge >= 0.3 is 11.7 Å². The third-order valence-corrected chi connectivity index (χ3v) is 5.73. The van der Waals surface area contributed by atoms with Crippen molar-refractivity contribution in [1.29, 1.82) is 0 Å². The number of aliphatic hydroxyl groups is 1. The molecule has 0 bridgehead atoms. The summed E-state index contributed by atoms with van der Waals surface area (Å²) >= 11 is 0. The highest BCUT2D eigenvalue weighted by molar-refractivity contribution is 5.81. The van der Waals surface area contributed by atoms with Gasteiger partial charge in [0.25, 0.3) is 0 Å². The van der Waals surface area contributed by atoms with Crippen LogP contribution in [0.3, 0.4) is 0 Å². The van der Waals surface area contributed by atoms with E-state index in [1.807, 2.05) is 0 Å². The van der Waals surface area contributed by atoms with Crippen molar-refractivity contribution in [3.05, 3.63) is 10.5 Å². The Morgan fingerprint density at radius 1 is 1.21 bits per heavy atom. The fourth-order valence-electron chi connectivity index (χ4n) is 3.95. The van der Waals surface area contributed by atoms with E-state index >= 15 is 0 Å². The number of imidazole rings is 1. The Morgan fingerprint density at radius 3 is 2.72 bits per heavy atom. The molecule has 0 radical (unpaired) electrons. The van der Waals surface area contributed by atoms with Crippen molar-refractivity contribution in [2.75, 3.05) is 38.6 Å². The number of hydrogen-bond donors (Lipinski definition) is 3. The molecule has 4 N–H and O–H groups in total. The number of aromatic amines is 1. The number of likely N-dealkylation sites (tertiary alicyclic amines) is 1. The van der Waals surface area contributed by atoms with Crippen LogP contribution in [-0.2, 0) is 6.54 Å². The average Bonchev–Trinajstić information content (AvgIpc) is 3.03. The second kappa shape index (κ2) is 10.6. The Bertz CT molecular complexity index is 825. The number of nitrogens with two attached hydrogens (primary N) is 1. The van der Waals surface area contributed by atoms with Gasteiger partial charge < -0.3 is 25.5 Å². The molecule has 1 saturated heterocycles. The van der Waals surface area contributed by atoms with Crippen molar-refractivity contribution in [2.24, 2.45) is 5.92 Å². The summed E-state index contributed by atoms with van der Waals surface area (Å²) in [7, 11) is 0. The Morgan fingerprint density at radius 2 is 2.00 bits per heavy atom. The number of piperidine rings is 1. The number of unbranched alkanes of at least 4 members (excludes halogenated alkanes) is 2. The first kappa shape index (κ1) is 21.6. The molecule has 0 unspecified atom stereocenters. The molecule has 1 aliphatic heterocycles. The van der Waals surface area contributed by atoms with E-state index in [1.165, 1.54) is 19.3 Å². The quantitative estimate of drug-likeness (QED) is 0.486. The van der Waals surface area contributed by atoms with Crippen LogP contribution in [0.5, 0.6) is 6.01 Å². The second-order valence-corrected chi connectivity index (χ2v) is 7.88. The van der Waals surface area contributed by atoms with Crippen LogP contribution in [0, 0.1) is 5.92 Å². The molecular formula is C20H34N6O3. The third kappa shape index (κ3) is 5.70. The number of aromatic nitrogens is 4. The zero-order valence-electron chi connectivity index (χ0n) is 17.4. The summed E-state index contributed by atoms with van der Waals surface area (Å²) < 4.78 is 7.22. The molecule has 162 valence electrons. The van der Waals surface area contributed by atoms with Gasteiger partial charge in [-0.3, -0.25) is 4.57 Å². The van der Waals surface area contributed by atoms with Gasteiger partial charge in [-0.1, -0.05) is 26.2 Å². The van der Waals surface area contributed by atoms with Gasteiger partial charge in [0.2, 0.25) is 0 Å². The molecule has 0 aliphatic carbocycles. The second-order valence-electron chi connectivity index (χ2n) is 7.88. The maximum absolute atomic E-state index is 12.4. The van der Waals surface area contributed by atoms with Gasteiger partial charge in [-0.15, -0.1) is 0 Å². The predicted octanol–water partition coefficient (Wildman–Crippen LogP) is 1.76. The number of nitrogens with one attached hydrogen (secondary N) is 1. The highest BCUT2D eigenvalue weighted by atomic mass is 16.5. The monoisotopic (exact) mass is 406 g/mol. The minimum absolute atomic E-state index is 0.205. The fourth-order valence-corrected chi connectivity index (χ4v) is 3.95. The Hall–Kier alpha value is -2.13. The molecule has 0 atom stereocenters. The molecule has 0 aromatic carbocycles. The SMILES string of the molecule is CCCCOc1nc(N)c2[nH]c(=O)n(CCCCC3CCN(CCO)CC3)c2n1. The number of fused-ring (bicyclic) bond motifs is 1. The van der Waals surface area contributed by atoms with Gasteiger partial charge in [-0.25, -0.2) is 4.79 Å². The van der Waals surface area contributed by atoms with Gasteiger partial charge in [0, 0.05) is 13.1 Å². The first-order valence-corrected chi connectivity index (χ1v) is 10.8. The Kier molecular flexibility index (Phi) is 7.88. The van der Waals surface area contributed by atoms with E-state index in [4.69, 9.17) is 15.6 Å². The van der Waals surface area contributed by atoms with Crippen LogP contribution in [0.2, 0.25) is 0 Å². The lowest BCUT2D eigenvalue weighted by Crippen LogP contribution is -2.35. The number of hydrogen-bond acceptors (Lipinski definition) is 7. The number of nitrogen functional groups attached to an aromatic ring is 1. The first-order valence-electron chi connectivity index (χ1n) is 10.8. The number of nitrogens with zero attached hydrogens (tertiary/aromatic N) is 4. The van der Waals surface area contributed by atoms with Gasteiger partial charge in [0.15, 0.2) is 11.5 Å². The number of anilines is 1. The van der Waals surface area contributed by atoms with Crippen LogP contribution in [-0.4, -0.2) is 62.4 Å². The van der Waals surface area contributed by atoms with E-state index in [9.17, 15) is 4.79 Å². The van der Waals surface area contributed by atoms with Crippen molar-refractivity contribution in [1.82, 2.24) is 24.4 Å². The van der Waals surface area contributed by atoms with Crippen LogP contribution in [0.25, 0.3) is 11.2 Å². The number of aryl methyl sites for hydroxylation is 1. The summed E-state index contributed by atoms with van der Waals surface area (Å²) in [6, 6.07) is 0.228. The summed E-state index contributed by atoms with van der Waals surface area (Å²) in [5.74, 6) is 0.980. The van der Waals surface area contributed by atoms with E-state index in [0.717, 1.165) is 51.2 Å². The number of rotatable bonds is 11. The standard InChI is InChI=1S/C20H34N6O3/c1-2-3-14-29-19-23-17(21)16-18(24-19)26(20(28)22-16)9-5-4-6-15-7-10-25(11-8-15)12-13-27/h15,27H,2-14H2,1H3,(H,22,28)(H2,21,23,24). The minimum atomic E-state index is -0.205. The molecule has 9 nitrogen and oxygen atoms in total. The number of β-amino-alcohol motifs (C(OH)–C–C–N with tert-alkyl or cyclic N) is 1. The van der Waals surface area contributed by atoms with Crippen molar-refractivity contribution < 1.29 is 9.84 Å². The molecule has 0 saturated carbocycles. The minimum Gasteiger partial charge on any atom is -0.463 e. The summed E-state index contributed by atoms with van der Waals surface area (Å²) in [5, 5.41) is 9.04. The van der Waals surface area contributed by atoms with Crippen LogP contribution in [0.1, 0.15) is 51.9 Å². The molecule has 29 heavy (non-hydrogen) atoms. The topological polar surface area (TPSA) is 122 Å². The van der Waals surface area contributed by atoms with Gasteiger partial charge in [0.1, 0.15) is 5.52 Å². The van der Waals surface area contributed by atoms with Crippen molar-refractivity contribution in [3.8, 4) is 6.01 Å². The largest absolute Gasteiger partial charge is 0.463 e. The Balaban J connectivity index is 1.54. The smallest absolute Gasteiger partial charge is 0.327 e. The molecule has 9 heteroatoms. The molecule has 3 heterocycles. The third-order valence-electron chi connectivity index (χ3n) is 5.73. The molecule has 0 amide bonds. The van der Waals surface area contributed by atoms with E-state index in [1.54, 1.807) is 4.57 Å². The lowest BCUT2D eigenvalue weighted by atomic mass is 9.91. The van der Waals surface area contributed by atoms with E-state index in [-0.39, 0.29) is 24.1 Å². The molecule has 1 aliphatic rings. The van der Waals surface area contributed by atoms with Crippen molar-refractivity contribution in [3.63, 3.8) is 0 Å². The lowest BCUT2D eigenvalue weighted by molar-refractivity contribution is 0.143. The zero-order chi connectivity index (χ0) is 20.6. The normalized spacial score (nSPS) is 15.9. The van der Waals surface area contributed by atoms with Crippen LogP contribution >= 0.6 is 0 Å². The van der Waals surface area contributed by atoms with Crippen molar-refractivity contribution >= 4 is 17.0 Å². The van der Waals surface area contributed by atoms with Gasteiger partial charge in [-0.05, 0) is 44.7 Å². The Labute approximate surface area is 171 Å². The molecule has 2 aromatic rings. The summed E-state index contributed by atoms with van der Waals surface area (Å²) in [5.41, 5.74) is 6.79. The van der Waals surface area contributed by atoms with Gasteiger partial charge in [-0.2, -0.15) is 9.97 Å². The predicted molar refractivity (Wildman–Crippen MR) is 113 cm³/mol. The van der Waals surface area contributed by atoms with Crippen LogP contribution in [0.15, 0.2) is 4.79 Å². The van der Waals surface area contributed by atoms with E-state index in [0.29, 0.717) is 24.3 Å². The maximum Gasteiger partial charge on any atom is 0.327 e. The zero-order valence-corrected chi connectivity index (χ0v) is 17.4. The molecule has 3 rings (SSSR count). The van der Waals surface area contributed by atoms with E-state index in [2.05, 4.69) is 26.8 Å². The first-order chi connectivity index (χ1) is 14.1. The molecule has 0 spiro atoms. The highest BCUT2D eigenvalue weighted by Gasteiger charge is 2.19. The molecular weight excluding hydrogens is 372 g/mol. The van der Waals surface area contributed by atoms with Crippen LogP contribution in [0.4, 0.5) is 5.82 Å². The van der Waals surface area contributed by atoms with Crippen LogP contribution < -0.4 is 16.2 Å².